The highest BCUT2D eigenvalue weighted by Crippen LogP contribution is 2.30. The van der Waals surface area contributed by atoms with Crippen LogP contribution in [0.5, 0.6) is 0 Å². The summed E-state index contributed by atoms with van der Waals surface area (Å²) in [5.74, 6) is 0.269. The van der Waals surface area contributed by atoms with Gasteiger partial charge >= 0.3 is 0 Å². The topological polar surface area (TPSA) is 23.6 Å². The molecule has 4 heteroatoms. The molecule has 2 aromatic rings. The van der Waals surface area contributed by atoms with Crippen LogP contribution in [0, 0.1) is 0 Å². The molecule has 0 bridgehead atoms. The molecule has 1 saturated heterocycles. The molecule has 1 fully saturated rings. The number of hydrogen-bond acceptors (Lipinski definition) is 3. The summed E-state index contributed by atoms with van der Waals surface area (Å²) in [5.41, 5.74) is 2.58. The van der Waals surface area contributed by atoms with Crippen LogP contribution in [0.1, 0.15) is 30.5 Å². The lowest BCUT2D eigenvalue weighted by atomic mass is 9.96. The van der Waals surface area contributed by atoms with E-state index in [1.54, 1.807) is 6.92 Å². The van der Waals surface area contributed by atoms with E-state index in [9.17, 15) is 4.79 Å². The van der Waals surface area contributed by atoms with E-state index in [-0.39, 0.29) is 11.8 Å². The van der Waals surface area contributed by atoms with Gasteiger partial charge in [0.15, 0.2) is 0 Å². The third-order valence-electron chi connectivity index (χ3n) is 4.85. The number of benzene rings is 2. The Morgan fingerprint density at radius 1 is 0.960 bits per heavy atom. The normalized spacial score (nSPS) is 17.4. The second-order valence-corrected chi connectivity index (χ2v) is 7.13. The molecule has 0 amide bonds. The maximum absolute atomic E-state index is 11.2. The number of Topliss-reactive ketones (excluding diaryl/α,β-unsaturated/α-hetero) is 1. The van der Waals surface area contributed by atoms with E-state index >= 15 is 0 Å². The third-order valence-corrected chi connectivity index (χ3v) is 5.11. The molecule has 1 aliphatic rings. The first-order valence-corrected chi connectivity index (χ1v) is 9.27. The van der Waals surface area contributed by atoms with Crippen molar-refractivity contribution in [2.75, 3.05) is 32.7 Å². The van der Waals surface area contributed by atoms with Gasteiger partial charge in [-0.05, 0) is 30.2 Å². The van der Waals surface area contributed by atoms with Crippen molar-refractivity contribution in [2.45, 2.75) is 19.4 Å². The van der Waals surface area contributed by atoms with E-state index in [0.717, 1.165) is 37.7 Å². The molecule has 0 spiro atoms. The smallest absolute Gasteiger partial charge is 0.131 e. The Labute approximate surface area is 155 Å². The van der Waals surface area contributed by atoms with Gasteiger partial charge in [0.2, 0.25) is 0 Å². The minimum Gasteiger partial charge on any atom is -0.300 e. The molecule has 1 unspecified atom stereocenters. The molecule has 0 radical (unpaired) electrons. The zero-order valence-electron chi connectivity index (χ0n) is 14.7. The van der Waals surface area contributed by atoms with E-state index in [1.807, 2.05) is 12.1 Å². The maximum Gasteiger partial charge on any atom is 0.131 e. The first-order chi connectivity index (χ1) is 12.1. The predicted octanol–water partition coefficient (Wildman–Crippen LogP) is 4.03. The fourth-order valence-electron chi connectivity index (χ4n) is 3.46. The van der Waals surface area contributed by atoms with E-state index in [1.165, 1.54) is 11.1 Å². The standard InChI is InChI=1S/C21H25ClN2O/c1-17(25)11-12-23-13-15-24(16-14-23)21(18-5-3-2-4-6-18)19-7-9-20(22)10-8-19/h2-10,21H,11-16H2,1H3. The molecule has 132 valence electrons. The van der Waals surface area contributed by atoms with E-state index < -0.39 is 0 Å². The molecule has 2 aromatic carbocycles. The Hall–Kier alpha value is -1.68. The molecule has 3 nitrogen and oxygen atoms in total. The van der Waals surface area contributed by atoms with Crippen LogP contribution in [0.25, 0.3) is 0 Å². The number of carbonyl (C=O) groups excluding carboxylic acids is 1. The Morgan fingerprint density at radius 3 is 2.16 bits per heavy atom. The summed E-state index contributed by atoms with van der Waals surface area (Å²) >= 11 is 6.08. The van der Waals surface area contributed by atoms with Crippen molar-refractivity contribution in [1.29, 1.82) is 0 Å². The summed E-state index contributed by atoms with van der Waals surface area (Å²) in [5, 5.41) is 0.768. The van der Waals surface area contributed by atoms with Crippen molar-refractivity contribution in [3.05, 3.63) is 70.7 Å². The van der Waals surface area contributed by atoms with Crippen molar-refractivity contribution < 1.29 is 4.79 Å². The Morgan fingerprint density at radius 2 is 1.56 bits per heavy atom. The molecule has 1 atom stereocenters. The minimum atomic E-state index is 0.244. The highest BCUT2D eigenvalue weighted by atomic mass is 35.5. The average Bonchev–Trinajstić information content (AvgIpc) is 2.64. The van der Waals surface area contributed by atoms with Gasteiger partial charge in [-0.3, -0.25) is 9.69 Å². The summed E-state index contributed by atoms with van der Waals surface area (Å²) in [7, 11) is 0. The number of carbonyl (C=O) groups is 1. The molecule has 0 saturated carbocycles. The summed E-state index contributed by atoms with van der Waals surface area (Å²) in [4.78, 5) is 16.1. The highest BCUT2D eigenvalue weighted by molar-refractivity contribution is 6.30. The van der Waals surface area contributed by atoms with Crippen LogP contribution in [0.4, 0.5) is 0 Å². The van der Waals surface area contributed by atoms with Crippen LogP contribution in [0.15, 0.2) is 54.6 Å². The number of piperazine rings is 1. The van der Waals surface area contributed by atoms with Gasteiger partial charge in [0.05, 0.1) is 6.04 Å². The number of nitrogens with zero attached hydrogens (tertiary/aromatic N) is 2. The molecule has 0 aliphatic carbocycles. The molecule has 25 heavy (non-hydrogen) atoms. The number of halogens is 1. The van der Waals surface area contributed by atoms with Crippen LogP contribution in [-0.4, -0.2) is 48.3 Å². The molecule has 1 heterocycles. The molecular formula is C21H25ClN2O. The first-order valence-electron chi connectivity index (χ1n) is 8.90. The lowest BCUT2D eigenvalue weighted by Gasteiger charge is -2.39. The lowest BCUT2D eigenvalue weighted by molar-refractivity contribution is -0.117. The van der Waals surface area contributed by atoms with Gasteiger partial charge in [-0.2, -0.15) is 0 Å². The van der Waals surface area contributed by atoms with Crippen LogP contribution in [-0.2, 0) is 4.79 Å². The lowest BCUT2D eigenvalue weighted by Crippen LogP contribution is -2.48. The number of rotatable bonds is 6. The summed E-state index contributed by atoms with van der Waals surface area (Å²) in [6, 6.07) is 19.1. The number of ketones is 1. The average molecular weight is 357 g/mol. The zero-order chi connectivity index (χ0) is 17.6. The van der Waals surface area contributed by atoms with Gasteiger partial charge in [-0.25, -0.2) is 0 Å². The molecule has 3 rings (SSSR count). The van der Waals surface area contributed by atoms with Gasteiger partial charge in [0.1, 0.15) is 5.78 Å². The Kier molecular flexibility index (Phi) is 6.24. The van der Waals surface area contributed by atoms with Crippen LogP contribution < -0.4 is 0 Å². The zero-order valence-corrected chi connectivity index (χ0v) is 15.5. The van der Waals surface area contributed by atoms with E-state index in [2.05, 4.69) is 52.3 Å². The SMILES string of the molecule is CC(=O)CCN1CCN(C(c2ccccc2)c2ccc(Cl)cc2)CC1. The summed E-state index contributed by atoms with van der Waals surface area (Å²) in [6.45, 7) is 6.55. The van der Waals surface area contributed by atoms with Crippen molar-refractivity contribution >= 4 is 17.4 Å². The fraction of sp³-hybridized carbons (Fsp3) is 0.381. The molecule has 0 aromatic heterocycles. The second kappa shape index (κ2) is 8.61. The first kappa shape index (κ1) is 18.1. The molecular weight excluding hydrogens is 332 g/mol. The van der Waals surface area contributed by atoms with Gasteiger partial charge in [-0.1, -0.05) is 54.1 Å². The summed E-state index contributed by atoms with van der Waals surface area (Å²) in [6.07, 6.45) is 0.652. The van der Waals surface area contributed by atoms with E-state index in [4.69, 9.17) is 11.6 Å². The Balaban J connectivity index is 1.75. The van der Waals surface area contributed by atoms with Crippen molar-refractivity contribution in [1.82, 2.24) is 9.80 Å². The second-order valence-electron chi connectivity index (χ2n) is 6.69. The minimum absolute atomic E-state index is 0.244. The fourth-order valence-corrected chi connectivity index (χ4v) is 3.58. The van der Waals surface area contributed by atoms with Gasteiger partial charge in [0.25, 0.3) is 0 Å². The van der Waals surface area contributed by atoms with Crippen LogP contribution in [0.2, 0.25) is 5.02 Å². The van der Waals surface area contributed by atoms with E-state index in [0.29, 0.717) is 6.42 Å². The number of hydrogen-bond donors (Lipinski definition) is 0. The predicted molar refractivity (Wildman–Crippen MR) is 103 cm³/mol. The van der Waals surface area contributed by atoms with Crippen molar-refractivity contribution in [2.24, 2.45) is 0 Å². The summed E-state index contributed by atoms with van der Waals surface area (Å²) < 4.78 is 0. The largest absolute Gasteiger partial charge is 0.300 e. The monoisotopic (exact) mass is 356 g/mol. The quantitative estimate of drug-likeness (QED) is 0.780. The van der Waals surface area contributed by atoms with Crippen LogP contribution in [0.3, 0.4) is 0 Å². The van der Waals surface area contributed by atoms with Gasteiger partial charge in [0, 0.05) is 44.2 Å². The van der Waals surface area contributed by atoms with Crippen molar-refractivity contribution in [3.8, 4) is 0 Å². The van der Waals surface area contributed by atoms with Gasteiger partial charge in [-0.15, -0.1) is 0 Å². The molecule has 0 N–H and O–H groups in total. The third kappa shape index (κ3) is 4.91. The Bertz CT molecular complexity index is 679. The van der Waals surface area contributed by atoms with Gasteiger partial charge < -0.3 is 4.90 Å². The molecule has 1 aliphatic heterocycles. The maximum atomic E-state index is 11.2. The highest BCUT2D eigenvalue weighted by Gasteiger charge is 2.26. The van der Waals surface area contributed by atoms with Crippen molar-refractivity contribution in [3.63, 3.8) is 0 Å². The van der Waals surface area contributed by atoms with Crippen LogP contribution >= 0.6 is 11.6 Å².